The second kappa shape index (κ2) is 2.83. The Balaban J connectivity index is 2.01. The van der Waals surface area contributed by atoms with Crippen LogP contribution in [-0.2, 0) is 9.59 Å². The third-order valence-electron chi connectivity index (χ3n) is 4.97. The lowest BCUT2D eigenvalue weighted by Crippen LogP contribution is -2.63. The maximum atomic E-state index is 11.8. The molecule has 3 fully saturated rings. The summed E-state index contributed by atoms with van der Waals surface area (Å²) < 4.78 is 0. The fourth-order valence-electron chi connectivity index (χ4n) is 4.50. The molecule has 3 aliphatic rings. The summed E-state index contributed by atoms with van der Waals surface area (Å²) in [5.41, 5.74) is -0.642. The fraction of sp³-hybridized carbons (Fsp3) is 0.833. The van der Waals surface area contributed by atoms with Crippen molar-refractivity contribution in [3.8, 4) is 0 Å². The summed E-state index contributed by atoms with van der Waals surface area (Å²) in [5, 5.41) is 9.43. The molecule has 0 aromatic rings. The highest BCUT2D eigenvalue weighted by molar-refractivity contribution is 5.92. The largest absolute Gasteiger partial charge is 0.481 e. The quantitative estimate of drug-likeness (QED) is 0.715. The van der Waals surface area contributed by atoms with Gasteiger partial charge in [-0.25, -0.2) is 0 Å². The Morgan fingerprint density at radius 2 is 2.13 bits per heavy atom. The molecule has 0 spiro atoms. The lowest BCUT2D eigenvalue weighted by Gasteiger charge is -2.58. The Hall–Kier alpha value is -0.860. The molecule has 0 saturated heterocycles. The molecule has 4 atom stereocenters. The van der Waals surface area contributed by atoms with Crippen LogP contribution in [0.5, 0.6) is 0 Å². The van der Waals surface area contributed by atoms with Crippen molar-refractivity contribution in [2.45, 2.75) is 38.5 Å². The minimum absolute atomic E-state index is 0.128. The highest BCUT2D eigenvalue weighted by atomic mass is 16.4. The van der Waals surface area contributed by atoms with E-state index in [2.05, 4.69) is 0 Å². The number of carboxylic acid groups (broad SMARTS) is 1. The predicted molar refractivity (Wildman–Crippen MR) is 53.2 cm³/mol. The van der Waals surface area contributed by atoms with Gasteiger partial charge in [0.25, 0.3) is 0 Å². The third kappa shape index (κ3) is 0.918. The Morgan fingerprint density at radius 1 is 1.33 bits per heavy atom. The Bertz CT molecular complexity index is 334. The molecular weight excluding hydrogens is 192 g/mol. The van der Waals surface area contributed by atoms with E-state index in [4.69, 9.17) is 0 Å². The first kappa shape index (κ1) is 9.37. The molecule has 3 rings (SSSR count). The molecule has 3 nitrogen and oxygen atoms in total. The molecule has 3 saturated carbocycles. The van der Waals surface area contributed by atoms with Gasteiger partial charge in [0, 0.05) is 12.3 Å². The average molecular weight is 208 g/mol. The number of rotatable bonds is 1. The highest BCUT2D eigenvalue weighted by Crippen LogP contribution is 2.67. The SMILES string of the molecule is O=C1CCC[C@]2(C(=O)O)[C@H]1[C@@H]1CCC[C@@H]12. The number of carbonyl (C=O) groups is 2. The minimum Gasteiger partial charge on any atom is -0.481 e. The van der Waals surface area contributed by atoms with Crippen molar-refractivity contribution in [1.82, 2.24) is 0 Å². The molecule has 0 amide bonds. The van der Waals surface area contributed by atoms with Gasteiger partial charge in [-0.05, 0) is 37.5 Å². The molecule has 3 heteroatoms. The Labute approximate surface area is 88.9 Å². The second-order valence-electron chi connectivity index (χ2n) is 5.34. The van der Waals surface area contributed by atoms with Crippen LogP contribution in [0.25, 0.3) is 0 Å². The van der Waals surface area contributed by atoms with Crippen LogP contribution in [0.3, 0.4) is 0 Å². The van der Waals surface area contributed by atoms with Gasteiger partial charge in [0.05, 0.1) is 5.41 Å². The van der Waals surface area contributed by atoms with Crippen molar-refractivity contribution in [1.29, 1.82) is 0 Å². The number of ketones is 1. The highest BCUT2D eigenvalue weighted by Gasteiger charge is 2.69. The van der Waals surface area contributed by atoms with Crippen molar-refractivity contribution in [2.24, 2.45) is 23.2 Å². The molecule has 0 aromatic carbocycles. The zero-order valence-corrected chi connectivity index (χ0v) is 8.74. The number of hydrogen-bond acceptors (Lipinski definition) is 2. The summed E-state index contributed by atoms with van der Waals surface area (Å²) in [7, 11) is 0. The summed E-state index contributed by atoms with van der Waals surface area (Å²) >= 11 is 0. The molecule has 3 aliphatic carbocycles. The third-order valence-corrected chi connectivity index (χ3v) is 4.97. The van der Waals surface area contributed by atoms with E-state index in [1.54, 1.807) is 0 Å². The zero-order chi connectivity index (χ0) is 10.6. The van der Waals surface area contributed by atoms with Crippen LogP contribution in [0.15, 0.2) is 0 Å². The van der Waals surface area contributed by atoms with Gasteiger partial charge >= 0.3 is 5.97 Å². The minimum atomic E-state index is -0.705. The number of aliphatic carboxylic acids is 1. The number of carboxylic acids is 1. The van der Waals surface area contributed by atoms with Crippen molar-refractivity contribution in [2.75, 3.05) is 0 Å². The van der Waals surface area contributed by atoms with Gasteiger partial charge in [-0.2, -0.15) is 0 Å². The first-order valence-corrected chi connectivity index (χ1v) is 5.94. The van der Waals surface area contributed by atoms with Gasteiger partial charge in [0.15, 0.2) is 0 Å². The van der Waals surface area contributed by atoms with Gasteiger partial charge in [-0.15, -0.1) is 0 Å². The van der Waals surface area contributed by atoms with E-state index < -0.39 is 11.4 Å². The molecule has 0 heterocycles. The summed E-state index contributed by atoms with van der Waals surface area (Å²) in [6, 6.07) is 0. The number of carbonyl (C=O) groups excluding carboxylic acids is 1. The maximum absolute atomic E-state index is 11.8. The Morgan fingerprint density at radius 3 is 2.87 bits per heavy atom. The maximum Gasteiger partial charge on any atom is 0.310 e. The van der Waals surface area contributed by atoms with E-state index in [1.807, 2.05) is 0 Å². The fourth-order valence-corrected chi connectivity index (χ4v) is 4.50. The van der Waals surface area contributed by atoms with Crippen LogP contribution in [0.2, 0.25) is 0 Å². The molecule has 0 aromatic heterocycles. The first-order valence-electron chi connectivity index (χ1n) is 5.94. The standard InChI is InChI=1S/C12H16O3/c13-9-5-2-6-12(11(14)15)8-4-1-3-7(8)10(9)12/h7-8,10H,1-6H2,(H,14,15)/t7-,8+,10+,12-/m1/s1. The van der Waals surface area contributed by atoms with Gasteiger partial charge in [0.1, 0.15) is 5.78 Å². The lowest BCUT2D eigenvalue weighted by atomic mass is 9.43. The molecule has 82 valence electrons. The predicted octanol–water partition coefficient (Wildman–Crippen LogP) is 1.86. The van der Waals surface area contributed by atoms with Gasteiger partial charge in [0.2, 0.25) is 0 Å². The lowest BCUT2D eigenvalue weighted by molar-refractivity contribution is -0.192. The summed E-state index contributed by atoms with van der Waals surface area (Å²) in [4.78, 5) is 23.3. The second-order valence-corrected chi connectivity index (χ2v) is 5.34. The monoisotopic (exact) mass is 208 g/mol. The normalized spacial score (nSPS) is 48.0. The molecule has 0 radical (unpaired) electrons. The summed E-state index contributed by atoms with van der Waals surface area (Å²) in [6.07, 6.45) is 5.36. The number of hydrogen-bond donors (Lipinski definition) is 1. The van der Waals surface area contributed by atoms with Gasteiger partial charge in [-0.3, -0.25) is 9.59 Å². The van der Waals surface area contributed by atoms with E-state index in [0.29, 0.717) is 18.3 Å². The van der Waals surface area contributed by atoms with E-state index in [-0.39, 0.29) is 11.7 Å². The Kier molecular flexibility index (Phi) is 1.77. The number of fused-ring (bicyclic) bond motifs is 4. The number of Topliss-reactive ketones (excluding diaryl/α,β-unsaturated/α-hetero) is 1. The van der Waals surface area contributed by atoms with E-state index in [1.165, 1.54) is 0 Å². The summed E-state index contributed by atoms with van der Waals surface area (Å²) in [5.74, 6) is 0.116. The van der Waals surface area contributed by atoms with Gasteiger partial charge in [-0.1, -0.05) is 6.42 Å². The van der Waals surface area contributed by atoms with Crippen LogP contribution < -0.4 is 0 Å². The van der Waals surface area contributed by atoms with E-state index >= 15 is 0 Å². The van der Waals surface area contributed by atoms with Crippen molar-refractivity contribution in [3.63, 3.8) is 0 Å². The average Bonchev–Trinajstić information content (AvgIpc) is 2.57. The molecule has 15 heavy (non-hydrogen) atoms. The molecular formula is C12H16O3. The van der Waals surface area contributed by atoms with Crippen LogP contribution >= 0.6 is 0 Å². The van der Waals surface area contributed by atoms with Crippen LogP contribution in [0.4, 0.5) is 0 Å². The summed E-state index contributed by atoms with van der Waals surface area (Å²) in [6.45, 7) is 0. The smallest absolute Gasteiger partial charge is 0.310 e. The molecule has 0 aliphatic heterocycles. The first-order chi connectivity index (χ1) is 7.18. The topological polar surface area (TPSA) is 54.4 Å². The van der Waals surface area contributed by atoms with Crippen LogP contribution in [-0.4, -0.2) is 16.9 Å². The van der Waals surface area contributed by atoms with Gasteiger partial charge < -0.3 is 5.11 Å². The van der Waals surface area contributed by atoms with Crippen LogP contribution in [0.1, 0.15) is 38.5 Å². The molecule has 0 bridgehead atoms. The molecule has 1 N–H and O–H groups in total. The van der Waals surface area contributed by atoms with Crippen molar-refractivity contribution < 1.29 is 14.7 Å². The zero-order valence-electron chi connectivity index (χ0n) is 8.74. The van der Waals surface area contributed by atoms with Crippen molar-refractivity contribution in [3.05, 3.63) is 0 Å². The van der Waals surface area contributed by atoms with E-state index in [0.717, 1.165) is 32.1 Å². The van der Waals surface area contributed by atoms with Crippen LogP contribution in [0, 0.1) is 23.2 Å². The van der Waals surface area contributed by atoms with E-state index in [9.17, 15) is 14.7 Å². The molecule has 0 unspecified atom stereocenters. The van der Waals surface area contributed by atoms with Crippen molar-refractivity contribution >= 4 is 11.8 Å².